The molecule has 1 fully saturated rings. The Morgan fingerprint density at radius 3 is 2.42 bits per heavy atom. The van der Waals surface area contributed by atoms with Gasteiger partial charge >= 0.3 is 0 Å². The number of sulfonamides is 1. The standard InChI is InChI=1S/C18H17ClN2O3S2/c1-11-17(12(2)24-20-11)15-7-8-16(25-15)26(22,23)21-18(9-10-18)13-3-5-14(19)6-4-13/h3-8,21H,9-10H2,1-2H3. The largest absolute Gasteiger partial charge is 0.361 e. The molecule has 0 radical (unpaired) electrons. The molecule has 136 valence electrons. The molecule has 0 amide bonds. The first-order valence-electron chi connectivity index (χ1n) is 8.14. The molecule has 1 N–H and O–H groups in total. The lowest BCUT2D eigenvalue weighted by molar-refractivity contribution is 0.393. The Hall–Kier alpha value is -1.67. The van der Waals surface area contributed by atoms with E-state index in [4.69, 9.17) is 16.1 Å². The van der Waals surface area contributed by atoms with E-state index in [1.54, 1.807) is 24.3 Å². The lowest BCUT2D eigenvalue weighted by Gasteiger charge is -2.17. The maximum absolute atomic E-state index is 12.9. The second-order valence-electron chi connectivity index (χ2n) is 6.51. The summed E-state index contributed by atoms with van der Waals surface area (Å²) in [5.41, 5.74) is 2.01. The Morgan fingerprint density at radius 2 is 1.85 bits per heavy atom. The third kappa shape index (κ3) is 3.09. The molecule has 0 aliphatic heterocycles. The van der Waals surface area contributed by atoms with Crippen molar-refractivity contribution in [2.24, 2.45) is 0 Å². The van der Waals surface area contributed by atoms with E-state index in [1.807, 2.05) is 26.0 Å². The zero-order valence-electron chi connectivity index (χ0n) is 14.2. The molecule has 0 unspecified atom stereocenters. The fourth-order valence-corrected chi connectivity index (χ4v) is 6.11. The van der Waals surface area contributed by atoms with Crippen LogP contribution in [-0.4, -0.2) is 13.6 Å². The van der Waals surface area contributed by atoms with Crippen molar-refractivity contribution in [2.75, 3.05) is 0 Å². The number of nitrogens with one attached hydrogen (secondary N) is 1. The van der Waals surface area contributed by atoms with Gasteiger partial charge in [-0.25, -0.2) is 8.42 Å². The minimum absolute atomic E-state index is 0.285. The Kier molecular flexibility index (Phi) is 4.23. The molecule has 0 bridgehead atoms. The van der Waals surface area contributed by atoms with Crippen LogP contribution in [-0.2, 0) is 15.6 Å². The minimum atomic E-state index is -3.63. The van der Waals surface area contributed by atoms with Crippen LogP contribution in [0.1, 0.15) is 29.9 Å². The number of thiophene rings is 1. The van der Waals surface area contributed by atoms with E-state index in [-0.39, 0.29) is 4.21 Å². The predicted molar refractivity (Wildman–Crippen MR) is 102 cm³/mol. The van der Waals surface area contributed by atoms with E-state index >= 15 is 0 Å². The van der Waals surface area contributed by atoms with Crippen molar-refractivity contribution in [3.8, 4) is 10.4 Å². The summed E-state index contributed by atoms with van der Waals surface area (Å²) in [6.07, 6.45) is 1.55. The highest BCUT2D eigenvalue weighted by Crippen LogP contribution is 2.47. The van der Waals surface area contributed by atoms with Crippen LogP contribution in [0.25, 0.3) is 10.4 Å². The average molecular weight is 409 g/mol. The van der Waals surface area contributed by atoms with Gasteiger partial charge in [0.25, 0.3) is 10.0 Å². The van der Waals surface area contributed by atoms with Crippen LogP contribution in [0.4, 0.5) is 0 Å². The van der Waals surface area contributed by atoms with Crippen molar-refractivity contribution < 1.29 is 12.9 Å². The SMILES string of the molecule is Cc1noc(C)c1-c1ccc(S(=O)(=O)NC2(c3ccc(Cl)cc3)CC2)s1. The molecule has 2 aromatic heterocycles. The van der Waals surface area contributed by atoms with E-state index in [1.165, 1.54) is 11.3 Å². The van der Waals surface area contributed by atoms with Gasteiger partial charge in [-0.2, -0.15) is 4.72 Å². The van der Waals surface area contributed by atoms with Crippen LogP contribution >= 0.6 is 22.9 Å². The lowest BCUT2D eigenvalue weighted by atomic mass is 10.1. The number of halogens is 1. The molecule has 1 aliphatic rings. The van der Waals surface area contributed by atoms with Crippen molar-refractivity contribution in [1.82, 2.24) is 9.88 Å². The monoisotopic (exact) mass is 408 g/mol. The van der Waals surface area contributed by atoms with Crippen molar-refractivity contribution in [3.63, 3.8) is 0 Å². The Bertz CT molecular complexity index is 1040. The summed E-state index contributed by atoms with van der Waals surface area (Å²) >= 11 is 7.16. The van der Waals surface area contributed by atoms with E-state index < -0.39 is 15.6 Å². The van der Waals surface area contributed by atoms with Crippen LogP contribution < -0.4 is 4.72 Å². The first kappa shape index (κ1) is 17.7. The second kappa shape index (κ2) is 6.20. The van der Waals surface area contributed by atoms with Crippen molar-refractivity contribution in [3.05, 3.63) is 58.4 Å². The van der Waals surface area contributed by atoms with Gasteiger partial charge in [-0.3, -0.25) is 0 Å². The normalized spacial score (nSPS) is 16.0. The molecule has 2 heterocycles. The van der Waals surface area contributed by atoms with Crippen LogP contribution in [0.5, 0.6) is 0 Å². The van der Waals surface area contributed by atoms with Crippen molar-refractivity contribution in [1.29, 1.82) is 0 Å². The van der Waals surface area contributed by atoms with Gasteiger partial charge in [0.05, 0.1) is 16.8 Å². The van der Waals surface area contributed by atoms with Crippen LogP contribution in [0.2, 0.25) is 5.02 Å². The minimum Gasteiger partial charge on any atom is -0.361 e. The number of rotatable bonds is 5. The number of aryl methyl sites for hydroxylation is 2. The van der Waals surface area contributed by atoms with Gasteiger partial charge in [-0.15, -0.1) is 11.3 Å². The maximum atomic E-state index is 12.9. The zero-order chi connectivity index (χ0) is 18.5. The van der Waals surface area contributed by atoms with Crippen molar-refractivity contribution in [2.45, 2.75) is 36.4 Å². The first-order valence-corrected chi connectivity index (χ1v) is 10.8. The van der Waals surface area contributed by atoms with Crippen molar-refractivity contribution >= 4 is 33.0 Å². The molecule has 3 aromatic rings. The molecular formula is C18H17ClN2O3S2. The smallest absolute Gasteiger partial charge is 0.250 e. The summed E-state index contributed by atoms with van der Waals surface area (Å²) in [7, 11) is -3.63. The molecule has 1 saturated carbocycles. The topological polar surface area (TPSA) is 72.2 Å². The molecular weight excluding hydrogens is 392 g/mol. The molecule has 1 aliphatic carbocycles. The average Bonchev–Trinajstić information content (AvgIpc) is 3.03. The molecule has 0 saturated heterocycles. The second-order valence-corrected chi connectivity index (χ2v) is 9.94. The molecule has 0 atom stereocenters. The summed E-state index contributed by atoms with van der Waals surface area (Å²) < 4.78 is 34.2. The fourth-order valence-electron chi connectivity index (χ4n) is 3.08. The Morgan fingerprint density at radius 1 is 1.15 bits per heavy atom. The fraction of sp³-hybridized carbons (Fsp3) is 0.278. The Labute approximate surface area is 161 Å². The summed E-state index contributed by atoms with van der Waals surface area (Å²) in [5, 5.41) is 4.57. The lowest BCUT2D eigenvalue weighted by Crippen LogP contribution is -2.34. The van der Waals surface area contributed by atoms with Crippen LogP contribution in [0, 0.1) is 13.8 Å². The highest BCUT2D eigenvalue weighted by Gasteiger charge is 2.47. The number of aromatic nitrogens is 1. The number of benzene rings is 1. The summed E-state index contributed by atoms with van der Waals surface area (Å²) in [6.45, 7) is 3.67. The van der Waals surface area contributed by atoms with E-state index in [2.05, 4.69) is 9.88 Å². The van der Waals surface area contributed by atoms with Gasteiger partial charge in [0.15, 0.2) is 0 Å². The number of hydrogen-bond donors (Lipinski definition) is 1. The number of hydrogen-bond acceptors (Lipinski definition) is 5. The summed E-state index contributed by atoms with van der Waals surface area (Å²) in [4.78, 5) is 0.831. The summed E-state index contributed by atoms with van der Waals surface area (Å²) in [5.74, 6) is 0.682. The van der Waals surface area contributed by atoms with E-state index in [0.717, 1.165) is 34.5 Å². The van der Waals surface area contributed by atoms with Gasteiger partial charge in [0, 0.05) is 9.90 Å². The van der Waals surface area contributed by atoms with Crippen LogP contribution in [0.15, 0.2) is 45.1 Å². The highest BCUT2D eigenvalue weighted by atomic mass is 35.5. The van der Waals surface area contributed by atoms with Crippen LogP contribution in [0.3, 0.4) is 0 Å². The quantitative estimate of drug-likeness (QED) is 0.667. The third-order valence-electron chi connectivity index (χ3n) is 4.60. The van der Waals surface area contributed by atoms with E-state index in [0.29, 0.717) is 10.8 Å². The molecule has 26 heavy (non-hydrogen) atoms. The third-order valence-corrected chi connectivity index (χ3v) is 7.99. The van der Waals surface area contributed by atoms with Gasteiger partial charge in [-0.1, -0.05) is 28.9 Å². The first-order chi connectivity index (χ1) is 12.3. The molecule has 0 spiro atoms. The maximum Gasteiger partial charge on any atom is 0.250 e. The predicted octanol–water partition coefficient (Wildman–Crippen LogP) is 4.64. The molecule has 8 heteroatoms. The molecule has 5 nitrogen and oxygen atoms in total. The number of nitrogens with zero attached hydrogens (tertiary/aromatic N) is 1. The Balaban J connectivity index is 1.63. The van der Waals surface area contributed by atoms with E-state index in [9.17, 15) is 8.42 Å². The van der Waals surface area contributed by atoms with Gasteiger partial charge < -0.3 is 4.52 Å². The highest BCUT2D eigenvalue weighted by molar-refractivity contribution is 7.91. The molecule has 1 aromatic carbocycles. The van der Waals surface area contributed by atoms with Gasteiger partial charge in [-0.05, 0) is 56.5 Å². The van der Waals surface area contributed by atoms with Gasteiger partial charge in [0.1, 0.15) is 9.97 Å². The van der Waals surface area contributed by atoms with Gasteiger partial charge in [0.2, 0.25) is 0 Å². The zero-order valence-corrected chi connectivity index (χ0v) is 16.6. The summed E-state index contributed by atoms with van der Waals surface area (Å²) in [6, 6.07) is 10.8. The molecule has 4 rings (SSSR count).